The topological polar surface area (TPSA) is 59.4 Å². The van der Waals surface area contributed by atoms with E-state index in [0.29, 0.717) is 18.7 Å². The number of halogens is 3. The number of carbonyl (C=O) groups is 1. The molecule has 152 valence electrons. The number of hydrogen-bond donors (Lipinski definition) is 1. The van der Waals surface area contributed by atoms with Crippen molar-refractivity contribution < 1.29 is 18.0 Å². The molecule has 0 radical (unpaired) electrons. The molecule has 0 saturated carbocycles. The molecule has 5 nitrogen and oxygen atoms in total. The average molecular weight is 402 g/mol. The first kappa shape index (κ1) is 20.7. The summed E-state index contributed by atoms with van der Waals surface area (Å²) in [6.07, 6.45) is -4.61. The number of amides is 2. The van der Waals surface area contributed by atoms with Crippen molar-refractivity contribution in [2.45, 2.75) is 19.3 Å². The first-order valence-electron chi connectivity index (χ1n) is 9.26. The number of rotatable bonds is 4. The fraction of sp³-hybridized carbons (Fsp3) is 0.333. The Bertz CT molecular complexity index is 885. The molecule has 0 aliphatic carbocycles. The van der Waals surface area contributed by atoms with Crippen LogP contribution in [0.25, 0.3) is 0 Å². The van der Waals surface area contributed by atoms with Crippen LogP contribution in [0.3, 0.4) is 0 Å². The molecule has 2 amide bonds. The summed E-state index contributed by atoms with van der Waals surface area (Å²) in [4.78, 5) is 16.3. The average Bonchev–Trinajstić information content (AvgIpc) is 2.72. The molecule has 1 aliphatic rings. The summed E-state index contributed by atoms with van der Waals surface area (Å²) in [6, 6.07) is 14.8. The fourth-order valence-electron chi connectivity index (χ4n) is 3.27. The maximum atomic E-state index is 13.0. The Balaban J connectivity index is 1.51. The van der Waals surface area contributed by atoms with Gasteiger partial charge in [-0.25, -0.2) is 4.79 Å². The van der Waals surface area contributed by atoms with Crippen LogP contribution in [0.15, 0.2) is 48.5 Å². The van der Waals surface area contributed by atoms with Crippen molar-refractivity contribution in [1.29, 1.82) is 5.26 Å². The van der Waals surface area contributed by atoms with E-state index in [0.717, 1.165) is 31.8 Å². The smallest absolute Gasteiger partial charge is 0.334 e. The Hall–Kier alpha value is -3.05. The number of alkyl halides is 3. The molecule has 1 heterocycles. The van der Waals surface area contributed by atoms with Crippen LogP contribution in [0.4, 0.5) is 18.0 Å². The number of carbonyl (C=O) groups excluding carboxylic acids is 1. The van der Waals surface area contributed by atoms with Gasteiger partial charge in [-0.3, -0.25) is 4.90 Å². The molecule has 0 bridgehead atoms. The third-order valence-corrected chi connectivity index (χ3v) is 4.86. The highest BCUT2D eigenvalue weighted by atomic mass is 19.4. The van der Waals surface area contributed by atoms with Crippen LogP contribution in [0, 0.1) is 11.3 Å². The maximum absolute atomic E-state index is 13.0. The van der Waals surface area contributed by atoms with E-state index in [2.05, 4.69) is 22.3 Å². The second kappa shape index (κ2) is 8.97. The van der Waals surface area contributed by atoms with Gasteiger partial charge in [0.15, 0.2) is 0 Å². The zero-order valence-corrected chi connectivity index (χ0v) is 15.7. The van der Waals surface area contributed by atoms with E-state index in [1.807, 2.05) is 18.2 Å². The van der Waals surface area contributed by atoms with Crippen LogP contribution in [0.1, 0.15) is 22.3 Å². The van der Waals surface area contributed by atoms with E-state index < -0.39 is 17.3 Å². The van der Waals surface area contributed by atoms with Gasteiger partial charge >= 0.3 is 12.2 Å². The standard InChI is InChI=1S/C21H21F3N4O/c22-21(23,24)19-12-17(6-7-18(19)13-25)14-26-20(29)28-10-8-27(9-11-28)15-16-4-2-1-3-5-16/h1-7,12H,8-11,14-15H2,(H,26,29). The third-order valence-electron chi connectivity index (χ3n) is 4.86. The molecule has 0 spiro atoms. The lowest BCUT2D eigenvalue weighted by molar-refractivity contribution is -0.137. The normalized spacial score (nSPS) is 15.0. The Morgan fingerprint density at radius 3 is 2.34 bits per heavy atom. The zero-order chi connectivity index (χ0) is 20.9. The van der Waals surface area contributed by atoms with E-state index in [1.54, 1.807) is 11.0 Å². The summed E-state index contributed by atoms with van der Waals surface area (Å²) >= 11 is 0. The number of benzene rings is 2. The molecule has 2 aromatic carbocycles. The van der Waals surface area contributed by atoms with Gasteiger partial charge in [0.1, 0.15) is 0 Å². The molecule has 0 unspecified atom stereocenters. The summed E-state index contributed by atoms with van der Waals surface area (Å²) in [5.41, 5.74) is 0.0995. The largest absolute Gasteiger partial charge is 0.417 e. The van der Waals surface area contributed by atoms with Gasteiger partial charge in [0.05, 0.1) is 17.2 Å². The third kappa shape index (κ3) is 5.48. The minimum atomic E-state index is -4.61. The van der Waals surface area contributed by atoms with E-state index in [4.69, 9.17) is 5.26 Å². The van der Waals surface area contributed by atoms with Crippen LogP contribution in [-0.4, -0.2) is 42.0 Å². The Labute approximate surface area is 167 Å². The maximum Gasteiger partial charge on any atom is 0.417 e. The van der Waals surface area contributed by atoms with Gasteiger partial charge in [0.25, 0.3) is 0 Å². The zero-order valence-electron chi connectivity index (χ0n) is 15.7. The monoisotopic (exact) mass is 402 g/mol. The summed E-state index contributed by atoms with van der Waals surface area (Å²) in [7, 11) is 0. The van der Waals surface area contributed by atoms with Crippen LogP contribution in [-0.2, 0) is 19.3 Å². The minimum Gasteiger partial charge on any atom is -0.334 e. The number of urea groups is 1. The molecule has 3 rings (SSSR count). The Kier molecular flexibility index (Phi) is 6.39. The van der Waals surface area contributed by atoms with Crippen molar-refractivity contribution in [2.24, 2.45) is 0 Å². The van der Waals surface area contributed by atoms with Crippen molar-refractivity contribution in [3.05, 3.63) is 70.8 Å². The highest BCUT2D eigenvalue weighted by molar-refractivity contribution is 5.74. The molecule has 1 N–H and O–H groups in total. The van der Waals surface area contributed by atoms with E-state index in [1.165, 1.54) is 11.6 Å². The first-order chi connectivity index (χ1) is 13.9. The van der Waals surface area contributed by atoms with Gasteiger partial charge in [0, 0.05) is 39.3 Å². The van der Waals surface area contributed by atoms with Gasteiger partial charge in [0.2, 0.25) is 0 Å². The number of hydrogen-bond acceptors (Lipinski definition) is 3. The van der Waals surface area contributed by atoms with Crippen LogP contribution in [0.5, 0.6) is 0 Å². The van der Waals surface area contributed by atoms with Gasteiger partial charge in [-0.15, -0.1) is 0 Å². The lowest BCUT2D eigenvalue weighted by atomic mass is 10.0. The fourth-order valence-corrected chi connectivity index (χ4v) is 3.27. The van der Waals surface area contributed by atoms with Crippen molar-refractivity contribution >= 4 is 6.03 Å². The van der Waals surface area contributed by atoms with Crippen molar-refractivity contribution in [1.82, 2.24) is 15.1 Å². The summed E-state index contributed by atoms with van der Waals surface area (Å²) < 4.78 is 39.1. The molecule has 29 heavy (non-hydrogen) atoms. The van der Waals surface area contributed by atoms with E-state index in [-0.39, 0.29) is 12.6 Å². The first-order valence-corrected chi connectivity index (χ1v) is 9.26. The molecule has 0 atom stereocenters. The second-order valence-corrected chi connectivity index (χ2v) is 6.90. The van der Waals surface area contributed by atoms with Gasteiger partial charge in [-0.2, -0.15) is 18.4 Å². The molecule has 1 saturated heterocycles. The number of nitriles is 1. The van der Waals surface area contributed by atoms with Gasteiger partial charge < -0.3 is 10.2 Å². The molecular weight excluding hydrogens is 381 g/mol. The van der Waals surface area contributed by atoms with E-state index >= 15 is 0 Å². The predicted octanol–water partition coefficient (Wildman–Crippen LogP) is 3.60. The minimum absolute atomic E-state index is 0.0299. The quantitative estimate of drug-likeness (QED) is 0.850. The molecular formula is C21H21F3N4O. The molecule has 1 aliphatic heterocycles. The lowest BCUT2D eigenvalue weighted by Crippen LogP contribution is -2.51. The lowest BCUT2D eigenvalue weighted by Gasteiger charge is -2.34. The van der Waals surface area contributed by atoms with Crippen LogP contribution >= 0.6 is 0 Å². The number of piperazine rings is 1. The predicted molar refractivity (Wildman–Crippen MR) is 102 cm³/mol. The van der Waals surface area contributed by atoms with E-state index in [9.17, 15) is 18.0 Å². The van der Waals surface area contributed by atoms with Crippen molar-refractivity contribution in [3.63, 3.8) is 0 Å². The van der Waals surface area contributed by atoms with Gasteiger partial charge in [-0.05, 0) is 23.3 Å². The molecule has 2 aromatic rings. The molecule has 8 heteroatoms. The Morgan fingerprint density at radius 1 is 1.03 bits per heavy atom. The van der Waals surface area contributed by atoms with Crippen LogP contribution < -0.4 is 5.32 Å². The SMILES string of the molecule is N#Cc1ccc(CNC(=O)N2CCN(Cc3ccccc3)CC2)cc1C(F)(F)F. The Morgan fingerprint density at radius 2 is 1.72 bits per heavy atom. The summed E-state index contributed by atoms with van der Waals surface area (Å²) in [6.45, 7) is 3.37. The number of nitrogens with zero attached hydrogens (tertiary/aromatic N) is 3. The number of nitrogens with one attached hydrogen (secondary N) is 1. The highest BCUT2D eigenvalue weighted by Crippen LogP contribution is 2.32. The summed E-state index contributed by atoms with van der Waals surface area (Å²) in [5.74, 6) is 0. The van der Waals surface area contributed by atoms with Crippen molar-refractivity contribution in [2.75, 3.05) is 26.2 Å². The highest BCUT2D eigenvalue weighted by Gasteiger charge is 2.33. The summed E-state index contributed by atoms with van der Waals surface area (Å²) in [5, 5.41) is 11.5. The van der Waals surface area contributed by atoms with Gasteiger partial charge in [-0.1, -0.05) is 36.4 Å². The van der Waals surface area contributed by atoms with Crippen molar-refractivity contribution in [3.8, 4) is 6.07 Å². The molecule has 0 aromatic heterocycles. The molecule has 1 fully saturated rings. The van der Waals surface area contributed by atoms with Crippen LogP contribution in [0.2, 0.25) is 0 Å². The second-order valence-electron chi connectivity index (χ2n) is 6.90.